The molecule has 0 unspecified atom stereocenters. The predicted octanol–water partition coefficient (Wildman–Crippen LogP) is 2.31. The molecule has 1 aliphatic rings. The Kier molecular flexibility index (Phi) is 6.11. The third-order valence-electron chi connectivity index (χ3n) is 4.54. The van der Waals surface area contributed by atoms with Gasteiger partial charge in [0.1, 0.15) is 4.90 Å². The highest BCUT2D eigenvalue weighted by molar-refractivity contribution is 7.90. The van der Waals surface area contributed by atoms with Crippen LogP contribution in [-0.4, -0.2) is 56.8 Å². The summed E-state index contributed by atoms with van der Waals surface area (Å²) in [4.78, 5) is 2.40. The molecular formula is C20H24N4O3S. The van der Waals surface area contributed by atoms with Gasteiger partial charge in [0.25, 0.3) is 10.0 Å². The largest absolute Gasteiger partial charge is 0.394 e. The van der Waals surface area contributed by atoms with Crippen molar-refractivity contribution in [1.82, 2.24) is 5.01 Å². The molecule has 0 aromatic heterocycles. The highest BCUT2D eigenvalue weighted by atomic mass is 32.2. The third-order valence-corrected chi connectivity index (χ3v) is 5.86. The van der Waals surface area contributed by atoms with Crippen molar-refractivity contribution in [3.63, 3.8) is 0 Å². The van der Waals surface area contributed by atoms with E-state index >= 15 is 0 Å². The Morgan fingerprint density at radius 2 is 1.75 bits per heavy atom. The molecule has 2 aromatic carbocycles. The first-order valence-corrected chi connectivity index (χ1v) is 10.7. The quantitative estimate of drug-likeness (QED) is 0.569. The normalized spacial score (nSPS) is 14.8. The molecule has 7 nitrogen and oxygen atoms in total. The van der Waals surface area contributed by atoms with Gasteiger partial charge in [-0.05, 0) is 43.7 Å². The molecule has 1 N–H and O–H groups in total. The average Bonchev–Trinajstić information content (AvgIpc) is 2.98. The second-order valence-electron chi connectivity index (χ2n) is 6.24. The van der Waals surface area contributed by atoms with E-state index < -0.39 is 10.0 Å². The first kappa shape index (κ1) is 20.0. The molecule has 0 saturated heterocycles. The third kappa shape index (κ3) is 4.07. The van der Waals surface area contributed by atoms with Gasteiger partial charge in [-0.15, -0.1) is 4.40 Å². The molecule has 0 radical (unpaired) electrons. The van der Waals surface area contributed by atoms with Crippen LogP contribution in [-0.2, 0) is 10.0 Å². The number of hydrazone groups is 1. The lowest BCUT2D eigenvalue weighted by Gasteiger charge is -2.21. The van der Waals surface area contributed by atoms with Crippen molar-refractivity contribution < 1.29 is 13.5 Å². The molecule has 0 fully saturated rings. The lowest BCUT2D eigenvalue weighted by Crippen LogP contribution is -2.28. The summed E-state index contributed by atoms with van der Waals surface area (Å²) in [6.45, 7) is 6.04. The first-order valence-electron chi connectivity index (χ1n) is 9.22. The minimum atomic E-state index is -3.74. The average molecular weight is 401 g/mol. The summed E-state index contributed by atoms with van der Waals surface area (Å²) < 4.78 is 28.4. The van der Waals surface area contributed by atoms with E-state index in [0.29, 0.717) is 5.56 Å². The number of sulfonamides is 1. The summed E-state index contributed by atoms with van der Waals surface area (Å²) in [7, 11) is -3.74. The Labute approximate surface area is 165 Å². The summed E-state index contributed by atoms with van der Waals surface area (Å²) in [5, 5.41) is 15.2. The van der Waals surface area contributed by atoms with E-state index in [9.17, 15) is 13.5 Å². The van der Waals surface area contributed by atoms with Crippen molar-refractivity contribution >= 4 is 27.8 Å². The standard InChI is InChI=1S/C20H24N4O3S/c1-3-23(4-2)17-11-9-16(10-12-17)15-21-24(13-14-25)20-18-7-5-6-8-19(18)28(26,27)22-20/h5-12,15,25H,3-4,13-14H2,1-2H3/b21-15+. The fourth-order valence-electron chi connectivity index (χ4n) is 3.08. The molecule has 8 heteroatoms. The molecule has 0 atom stereocenters. The maximum atomic E-state index is 12.3. The van der Waals surface area contributed by atoms with Crippen molar-refractivity contribution in [2.45, 2.75) is 18.7 Å². The highest BCUT2D eigenvalue weighted by Gasteiger charge is 2.31. The molecule has 1 aliphatic heterocycles. The molecule has 2 aromatic rings. The maximum Gasteiger partial charge on any atom is 0.285 e. The number of aliphatic hydroxyl groups is 1. The van der Waals surface area contributed by atoms with Crippen LogP contribution in [0.1, 0.15) is 25.0 Å². The monoisotopic (exact) mass is 400 g/mol. The number of rotatable bonds is 7. The van der Waals surface area contributed by atoms with Crippen LogP contribution in [0.15, 0.2) is 62.9 Å². The number of hydrogen-bond donors (Lipinski definition) is 1. The smallest absolute Gasteiger partial charge is 0.285 e. The molecule has 0 bridgehead atoms. The van der Waals surface area contributed by atoms with Crippen molar-refractivity contribution in [2.75, 3.05) is 31.1 Å². The van der Waals surface area contributed by atoms with E-state index in [1.54, 1.807) is 24.4 Å². The lowest BCUT2D eigenvalue weighted by molar-refractivity contribution is 0.254. The predicted molar refractivity (Wildman–Crippen MR) is 112 cm³/mol. The molecule has 0 spiro atoms. The summed E-state index contributed by atoms with van der Waals surface area (Å²) in [5.41, 5.74) is 2.49. The van der Waals surface area contributed by atoms with E-state index in [2.05, 4.69) is 28.2 Å². The Morgan fingerprint density at radius 1 is 1.07 bits per heavy atom. The van der Waals surface area contributed by atoms with E-state index in [4.69, 9.17) is 0 Å². The van der Waals surface area contributed by atoms with Crippen LogP contribution in [0, 0.1) is 0 Å². The molecule has 0 saturated carbocycles. The molecule has 0 amide bonds. The Bertz CT molecular complexity index is 981. The fraction of sp³-hybridized carbons (Fsp3) is 0.300. The van der Waals surface area contributed by atoms with Gasteiger partial charge in [0.15, 0.2) is 5.84 Å². The van der Waals surface area contributed by atoms with E-state index in [1.165, 1.54) is 11.1 Å². The second kappa shape index (κ2) is 8.53. The molecule has 148 valence electrons. The number of aliphatic hydroxyl groups excluding tert-OH is 1. The van der Waals surface area contributed by atoms with Crippen molar-refractivity contribution in [1.29, 1.82) is 0 Å². The zero-order chi connectivity index (χ0) is 20.1. The number of anilines is 1. The van der Waals surface area contributed by atoms with Crippen LogP contribution in [0.5, 0.6) is 0 Å². The minimum Gasteiger partial charge on any atom is -0.394 e. The van der Waals surface area contributed by atoms with Crippen LogP contribution in [0.2, 0.25) is 0 Å². The van der Waals surface area contributed by atoms with Crippen molar-refractivity contribution in [2.24, 2.45) is 9.50 Å². The van der Waals surface area contributed by atoms with E-state index in [-0.39, 0.29) is 23.9 Å². The molecular weight excluding hydrogens is 376 g/mol. The highest BCUT2D eigenvalue weighted by Crippen LogP contribution is 2.27. The minimum absolute atomic E-state index is 0.136. The van der Waals surface area contributed by atoms with Gasteiger partial charge in [-0.1, -0.05) is 24.3 Å². The van der Waals surface area contributed by atoms with Gasteiger partial charge in [0.05, 0.1) is 19.4 Å². The second-order valence-corrected chi connectivity index (χ2v) is 7.81. The molecule has 1 heterocycles. The number of fused-ring (bicyclic) bond motifs is 1. The summed E-state index contributed by atoms with van der Waals surface area (Å²) in [6.07, 6.45) is 1.64. The van der Waals surface area contributed by atoms with Crippen molar-refractivity contribution in [3.05, 3.63) is 59.7 Å². The zero-order valence-electron chi connectivity index (χ0n) is 16.0. The van der Waals surface area contributed by atoms with Gasteiger partial charge in [0, 0.05) is 24.3 Å². The van der Waals surface area contributed by atoms with Gasteiger partial charge in [0.2, 0.25) is 0 Å². The number of nitrogens with zero attached hydrogens (tertiary/aromatic N) is 4. The Morgan fingerprint density at radius 3 is 2.39 bits per heavy atom. The SMILES string of the molecule is CCN(CC)c1ccc(/C=N/N(CCO)C2=NS(=O)(=O)c3ccccc32)cc1. The van der Waals surface area contributed by atoms with Gasteiger partial charge in [-0.25, -0.2) is 5.01 Å². The lowest BCUT2D eigenvalue weighted by atomic mass is 10.2. The number of amidine groups is 1. The zero-order valence-corrected chi connectivity index (χ0v) is 16.8. The maximum absolute atomic E-state index is 12.3. The van der Waals surface area contributed by atoms with E-state index in [0.717, 1.165) is 24.3 Å². The summed E-state index contributed by atoms with van der Waals surface area (Å²) in [5.74, 6) is 0.223. The van der Waals surface area contributed by atoms with Crippen molar-refractivity contribution in [3.8, 4) is 0 Å². The van der Waals surface area contributed by atoms with Crippen LogP contribution in [0.25, 0.3) is 0 Å². The van der Waals surface area contributed by atoms with Crippen LogP contribution in [0.4, 0.5) is 5.69 Å². The fourth-order valence-corrected chi connectivity index (χ4v) is 4.29. The topological polar surface area (TPSA) is 85.6 Å². The first-order chi connectivity index (χ1) is 13.5. The number of benzene rings is 2. The van der Waals surface area contributed by atoms with Gasteiger partial charge in [-0.2, -0.15) is 13.5 Å². The molecule has 0 aliphatic carbocycles. The van der Waals surface area contributed by atoms with Gasteiger partial charge >= 0.3 is 0 Å². The Hall–Kier alpha value is -2.71. The number of hydrogen-bond acceptors (Lipinski definition) is 6. The van der Waals surface area contributed by atoms with Gasteiger partial charge < -0.3 is 10.0 Å². The molecule has 3 rings (SSSR count). The summed E-state index contributed by atoms with van der Waals surface area (Å²) in [6, 6.07) is 14.6. The van der Waals surface area contributed by atoms with Crippen LogP contribution in [0.3, 0.4) is 0 Å². The van der Waals surface area contributed by atoms with E-state index in [1.807, 2.05) is 24.3 Å². The molecule has 28 heavy (non-hydrogen) atoms. The van der Waals surface area contributed by atoms with Crippen LogP contribution < -0.4 is 4.90 Å². The Balaban J connectivity index is 1.86. The van der Waals surface area contributed by atoms with Gasteiger partial charge in [-0.3, -0.25) is 0 Å². The summed E-state index contributed by atoms with van der Waals surface area (Å²) >= 11 is 0. The van der Waals surface area contributed by atoms with Crippen LogP contribution >= 0.6 is 0 Å².